The number of rotatable bonds is 9. The molecule has 9 heteroatoms. The van der Waals surface area contributed by atoms with Gasteiger partial charge in [0.15, 0.2) is 4.34 Å². The zero-order valence-electron chi connectivity index (χ0n) is 15.8. The number of hydrogen-bond donors (Lipinski definition) is 2. The first-order chi connectivity index (χ1) is 14.2. The van der Waals surface area contributed by atoms with Gasteiger partial charge in [-0.15, -0.1) is 10.2 Å². The van der Waals surface area contributed by atoms with Crippen molar-refractivity contribution in [2.75, 3.05) is 24.7 Å². The third-order valence-electron chi connectivity index (χ3n) is 3.97. The zero-order valence-corrected chi connectivity index (χ0v) is 17.4. The fourth-order valence-corrected chi connectivity index (χ4v) is 3.83. The number of amides is 2. The van der Waals surface area contributed by atoms with Gasteiger partial charge >= 0.3 is 0 Å². The predicted octanol–water partition coefficient (Wildman–Crippen LogP) is 3.25. The average Bonchev–Trinajstić information content (AvgIpc) is 3.27. The van der Waals surface area contributed by atoms with E-state index in [9.17, 15) is 9.59 Å². The second kappa shape index (κ2) is 10.6. The number of benzene rings is 2. The number of carbonyl (C=O) groups is 2. The first-order valence-corrected chi connectivity index (χ1v) is 10.7. The second-order valence-electron chi connectivity index (χ2n) is 5.94. The second-order valence-corrected chi connectivity index (χ2v) is 8.00. The summed E-state index contributed by atoms with van der Waals surface area (Å²) in [5.74, 6) is 0.560. The van der Waals surface area contributed by atoms with Gasteiger partial charge in [0.05, 0.1) is 24.1 Å². The molecule has 0 spiro atoms. The number of aromatic nitrogens is 2. The Morgan fingerprint density at radius 3 is 2.66 bits per heavy atom. The molecule has 0 aliphatic rings. The fourth-order valence-electron chi connectivity index (χ4n) is 2.54. The van der Waals surface area contributed by atoms with Crippen LogP contribution in [0.25, 0.3) is 0 Å². The van der Waals surface area contributed by atoms with Crippen LogP contribution < -0.4 is 15.4 Å². The molecular weight excluding hydrogens is 408 g/mol. The van der Waals surface area contributed by atoms with E-state index in [0.29, 0.717) is 24.2 Å². The lowest BCUT2D eigenvalue weighted by Crippen LogP contribution is -2.27. The summed E-state index contributed by atoms with van der Waals surface area (Å²) in [5, 5.41) is 13.3. The van der Waals surface area contributed by atoms with Gasteiger partial charge in [-0.1, -0.05) is 47.4 Å². The lowest BCUT2D eigenvalue weighted by atomic mass is 10.1. The van der Waals surface area contributed by atoms with Crippen LogP contribution in [0.1, 0.15) is 15.9 Å². The van der Waals surface area contributed by atoms with Crippen LogP contribution in [0.2, 0.25) is 0 Å². The molecule has 7 nitrogen and oxygen atoms in total. The number of ether oxygens (including phenoxy) is 1. The quantitative estimate of drug-likeness (QED) is 0.508. The Balaban J connectivity index is 1.52. The van der Waals surface area contributed by atoms with Crippen molar-refractivity contribution >= 4 is 40.6 Å². The molecule has 1 aromatic heterocycles. The summed E-state index contributed by atoms with van der Waals surface area (Å²) in [7, 11) is 1.63. The van der Waals surface area contributed by atoms with Crippen molar-refractivity contribution in [2.45, 2.75) is 10.8 Å². The van der Waals surface area contributed by atoms with Gasteiger partial charge in [0, 0.05) is 6.54 Å². The molecule has 0 radical (unpaired) electrons. The maximum absolute atomic E-state index is 12.6. The average molecular weight is 429 g/mol. The smallest absolute Gasteiger partial charge is 0.253 e. The van der Waals surface area contributed by atoms with Gasteiger partial charge in [-0.05, 0) is 36.2 Å². The van der Waals surface area contributed by atoms with Gasteiger partial charge in [0.1, 0.15) is 11.3 Å². The Bertz CT molecular complexity index is 947. The van der Waals surface area contributed by atoms with Gasteiger partial charge in [-0.3, -0.25) is 9.59 Å². The lowest BCUT2D eigenvalue weighted by molar-refractivity contribution is -0.113. The van der Waals surface area contributed by atoms with Crippen LogP contribution in [0.5, 0.6) is 5.75 Å². The molecule has 2 aromatic carbocycles. The van der Waals surface area contributed by atoms with E-state index in [2.05, 4.69) is 20.8 Å². The van der Waals surface area contributed by atoms with E-state index < -0.39 is 0 Å². The minimum Gasteiger partial charge on any atom is -0.497 e. The number of hydrogen-bond acceptors (Lipinski definition) is 7. The molecule has 0 atom stereocenters. The number of para-hydroxylation sites is 1. The molecule has 0 aliphatic carbocycles. The highest BCUT2D eigenvalue weighted by atomic mass is 32.2. The number of carbonyl (C=O) groups excluding carboxylic acids is 2. The Morgan fingerprint density at radius 1 is 1.14 bits per heavy atom. The molecule has 2 amide bonds. The summed E-state index contributed by atoms with van der Waals surface area (Å²) in [6.07, 6.45) is 0.697. The molecule has 0 unspecified atom stereocenters. The number of thioether (sulfide) groups is 1. The third-order valence-corrected chi connectivity index (χ3v) is 5.83. The zero-order chi connectivity index (χ0) is 20.5. The Morgan fingerprint density at radius 2 is 1.93 bits per heavy atom. The Labute approximate surface area is 176 Å². The molecule has 2 N–H and O–H groups in total. The molecule has 29 heavy (non-hydrogen) atoms. The number of nitrogens with zero attached hydrogens (tertiary/aromatic N) is 2. The topological polar surface area (TPSA) is 93.2 Å². The maximum atomic E-state index is 12.6. The summed E-state index contributed by atoms with van der Waals surface area (Å²) >= 11 is 2.68. The Hall–Kier alpha value is -2.91. The summed E-state index contributed by atoms with van der Waals surface area (Å²) in [5.41, 5.74) is 3.63. The minimum absolute atomic E-state index is 0.197. The standard InChI is InChI=1S/C20H20N4O3S2/c1-27-15-8-6-14(7-9-15)10-11-21-19(26)16-4-2-3-5-17(16)23-18(25)12-28-20-24-22-13-29-20/h2-9,13H,10-12H2,1H3,(H,21,26)(H,23,25). The molecule has 150 valence electrons. The first-order valence-electron chi connectivity index (χ1n) is 8.84. The number of methoxy groups -OCH3 is 1. The molecule has 0 fully saturated rings. The van der Waals surface area contributed by atoms with Crippen LogP contribution in [0.4, 0.5) is 5.69 Å². The maximum Gasteiger partial charge on any atom is 0.253 e. The van der Waals surface area contributed by atoms with E-state index in [1.165, 1.54) is 23.1 Å². The van der Waals surface area contributed by atoms with Crippen molar-refractivity contribution in [3.8, 4) is 5.75 Å². The molecule has 3 rings (SSSR count). The highest BCUT2D eigenvalue weighted by Crippen LogP contribution is 2.20. The van der Waals surface area contributed by atoms with Crippen LogP contribution in [-0.2, 0) is 11.2 Å². The summed E-state index contributed by atoms with van der Waals surface area (Å²) < 4.78 is 5.87. The van der Waals surface area contributed by atoms with Crippen molar-refractivity contribution in [1.82, 2.24) is 15.5 Å². The van der Waals surface area contributed by atoms with Crippen LogP contribution in [0.3, 0.4) is 0 Å². The summed E-state index contributed by atoms with van der Waals surface area (Å²) in [6, 6.07) is 14.7. The molecule has 0 bridgehead atoms. The van der Waals surface area contributed by atoms with Crippen molar-refractivity contribution < 1.29 is 14.3 Å². The summed E-state index contributed by atoms with van der Waals surface area (Å²) in [4.78, 5) is 24.8. The van der Waals surface area contributed by atoms with Gasteiger partial charge < -0.3 is 15.4 Å². The van der Waals surface area contributed by atoms with Crippen molar-refractivity contribution in [2.24, 2.45) is 0 Å². The highest BCUT2D eigenvalue weighted by Gasteiger charge is 2.13. The SMILES string of the molecule is COc1ccc(CCNC(=O)c2ccccc2NC(=O)CSc2nncs2)cc1. The Kier molecular flexibility index (Phi) is 7.60. The van der Waals surface area contributed by atoms with Gasteiger partial charge in [0.25, 0.3) is 5.91 Å². The highest BCUT2D eigenvalue weighted by molar-refractivity contribution is 8.01. The van der Waals surface area contributed by atoms with Crippen molar-refractivity contribution in [3.63, 3.8) is 0 Å². The van der Waals surface area contributed by atoms with Crippen LogP contribution in [0, 0.1) is 0 Å². The van der Waals surface area contributed by atoms with Crippen molar-refractivity contribution in [3.05, 3.63) is 65.2 Å². The number of anilines is 1. The van der Waals surface area contributed by atoms with Crippen LogP contribution >= 0.6 is 23.1 Å². The van der Waals surface area contributed by atoms with Gasteiger partial charge in [0.2, 0.25) is 5.91 Å². The predicted molar refractivity (Wildman–Crippen MR) is 115 cm³/mol. The molecular formula is C20H20N4O3S2. The molecule has 1 heterocycles. The monoisotopic (exact) mass is 428 g/mol. The fraction of sp³-hybridized carbons (Fsp3) is 0.200. The van der Waals surface area contributed by atoms with Crippen LogP contribution in [0.15, 0.2) is 58.4 Å². The third kappa shape index (κ3) is 6.30. The summed E-state index contributed by atoms with van der Waals surface area (Å²) in [6.45, 7) is 0.486. The van der Waals surface area contributed by atoms with E-state index in [4.69, 9.17) is 4.74 Å². The van der Waals surface area contributed by atoms with E-state index in [-0.39, 0.29) is 17.6 Å². The van der Waals surface area contributed by atoms with E-state index in [1.807, 2.05) is 24.3 Å². The number of nitrogens with one attached hydrogen (secondary N) is 2. The first kappa shape index (κ1) is 20.8. The molecule has 3 aromatic rings. The van der Waals surface area contributed by atoms with Crippen molar-refractivity contribution in [1.29, 1.82) is 0 Å². The largest absolute Gasteiger partial charge is 0.497 e. The van der Waals surface area contributed by atoms with E-state index >= 15 is 0 Å². The van der Waals surface area contributed by atoms with Gasteiger partial charge in [-0.2, -0.15) is 0 Å². The normalized spacial score (nSPS) is 10.4. The molecule has 0 aliphatic heterocycles. The lowest BCUT2D eigenvalue weighted by Gasteiger charge is -2.11. The molecule has 0 saturated carbocycles. The molecule has 0 saturated heterocycles. The van der Waals surface area contributed by atoms with E-state index in [0.717, 1.165) is 15.7 Å². The minimum atomic E-state index is -0.230. The van der Waals surface area contributed by atoms with Crippen LogP contribution in [-0.4, -0.2) is 41.4 Å². The van der Waals surface area contributed by atoms with Gasteiger partial charge in [-0.25, -0.2) is 0 Å². The van der Waals surface area contributed by atoms with E-state index in [1.54, 1.807) is 36.9 Å².